The average molecular weight is 1450 g/mol. The molecular formula is C60H107N7O33. The van der Waals surface area contributed by atoms with Gasteiger partial charge in [0.05, 0.1) is 139 Å². The summed E-state index contributed by atoms with van der Waals surface area (Å²) >= 11 is 0. The van der Waals surface area contributed by atoms with Crippen LogP contribution in [0.3, 0.4) is 0 Å². The van der Waals surface area contributed by atoms with Crippen molar-refractivity contribution in [3.05, 3.63) is 0 Å². The predicted molar refractivity (Wildman–Crippen MR) is 337 cm³/mol. The maximum atomic E-state index is 13.6. The van der Waals surface area contributed by atoms with Crippen LogP contribution in [0.2, 0.25) is 0 Å². The Balaban J connectivity index is 1.34. The smallest absolute Gasteiger partial charge is 0.326 e. The molecule has 17 atom stereocenters. The number of unbranched alkanes of at least 4 members (excludes halogenated alkanes) is 2. The molecule has 40 heteroatoms. The first-order chi connectivity index (χ1) is 48.0. The number of aliphatic hydroxyl groups excluding tert-OH is 9. The summed E-state index contributed by atoms with van der Waals surface area (Å²) in [4.78, 5) is 98.8. The fourth-order valence-electron chi connectivity index (χ4n) is 9.86. The van der Waals surface area contributed by atoms with Crippen LogP contribution in [0.1, 0.15) is 59.3 Å². The molecule has 0 bridgehead atoms. The largest absolute Gasteiger partial charge is 0.480 e. The monoisotopic (exact) mass is 1450 g/mol. The number of carboxylic acids is 1. The summed E-state index contributed by atoms with van der Waals surface area (Å²) < 4.78 is 82.2. The Kier molecular flexibility index (Phi) is 46.9. The normalized spacial score (nSPS) is 25.8. The van der Waals surface area contributed by atoms with Crippen LogP contribution in [0.5, 0.6) is 0 Å². The number of aliphatic hydroxyl groups is 9. The van der Waals surface area contributed by atoms with Gasteiger partial charge in [0.2, 0.25) is 41.4 Å². The van der Waals surface area contributed by atoms with Gasteiger partial charge in [0.25, 0.3) is 0 Å². The Morgan fingerprint density at radius 1 is 0.360 bits per heavy atom. The highest BCUT2D eigenvalue weighted by Crippen LogP contribution is 2.25. The molecule has 4 unspecified atom stereocenters. The zero-order valence-electron chi connectivity index (χ0n) is 56.8. The third kappa shape index (κ3) is 36.3. The molecule has 0 saturated carbocycles. The predicted octanol–water partition coefficient (Wildman–Crippen LogP) is -9.36. The van der Waals surface area contributed by atoms with Gasteiger partial charge in [-0.15, -0.1) is 0 Å². The number of amides is 7. The molecule has 3 heterocycles. The van der Waals surface area contributed by atoms with Crippen LogP contribution < -0.4 is 37.2 Å². The summed E-state index contributed by atoms with van der Waals surface area (Å²) in [6.45, 7) is 2.54. The standard InChI is InChI=1S/C60H107N7O33/c1-36(71)63-47-53(80)50(77)41(30-68)98-58(47)95-27-24-89-15-12-86-18-21-92-33-44(74)61-10-6-4-8-39(66-46(76)35-94-23-20-88-14-17-91-26-29-97-60-49(65-38(3)73)55(82)52(79)43(32-70)100-60)56(83)67-40(57(84)85)9-5-7-11-62-45(75)34-93-22-19-87-13-16-90-25-28-96-59-48(64-37(2)72)54(81)51(78)42(31-69)99-59/h39-43,47-55,58-60,68-70,77-82H,4-35H2,1-3H3,(H,61,74)(H,62,75)(H,63,71)(H,64,72)(H,65,73)(H,66,76)(H,67,83)(H,84,85)/t39-,40-,41+,42+,43+,47+,48+,49+,50-,51-,52-,53?,54+,55?,58?,59?,60+/m0/s1. The first-order valence-electron chi connectivity index (χ1n) is 33.1. The Labute approximate surface area is 578 Å². The minimum Gasteiger partial charge on any atom is -0.480 e. The van der Waals surface area contributed by atoms with E-state index in [1.807, 2.05) is 0 Å². The van der Waals surface area contributed by atoms with Gasteiger partial charge in [-0.2, -0.15) is 0 Å². The lowest BCUT2D eigenvalue weighted by Gasteiger charge is -2.42. The van der Waals surface area contributed by atoms with Crippen molar-refractivity contribution in [2.75, 3.05) is 172 Å². The molecule has 3 fully saturated rings. The minimum absolute atomic E-state index is 0.0161. The van der Waals surface area contributed by atoms with Crippen molar-refractivity contribution < 1.29 is 160 Å². The number of ether oxygens (including phenoxy) is 15. The van der Waals surface area contributed by atoms with Crippen LogP contribution in [0.25, 0.3) is 0 Å². The summed E-state index contributed by atoms with van der Waals surface area (Å²) in [5, 5.41) is 118. The fraction of sp³-hybridized carbons (Fsp3) is 0.867. The second kappa shape index (κ2) is 52.7. The van der Waals surface area contributed by atoms with Gasteiger partial charge in [-0.1, -0.05) is 0 Å². The van der Waals surface area contributed by atoms with Gasteiger partial charge in [-0.05, 0) is 38.5 Å². The number of hydrogen-bond donors (Lipinski definition) is 17. The molecule has 40 nitrogen and oxygen atoms in total. The molecule has 0 spiro atoms. The molecule has 0 aliphatic carbocycles. The Hall–Kier alpha value is -5.20. The first kappa shape index (κ1) is 89.0. The van der Waals surface area contributed by atoms with Crippen LogP contribution >= 0.6 is 0 Å². The highest BCUT2D eigenvalue weighted by Gasteiger charge is 2.48. The zero-order valence-corrected chi connectivity index (χ0v) is 56.8. The first-order valence-corrected chi connectivity index (χ1v) is 33.1. The zero-order chi connectivity index (χ0) is 73.6. The number of nitrogens with one attached hydrogen (secondary N) is 7. The number of rotatable bonds is 56. The summed E-state index contributed by atoms with van der Waals surface area (Å²) in [6, 6.07) is -5.87. The maximum absolute atomic E-state index is 13.6. The number of hydrogen-bond acceptors (Lipinski definition) is 32. The van der Waals surface area contributed by atoms with E-state index in [1.165, 1.54) is 20.8 Å². The van der Waals surface area contributed by atoms with Crippen molar-refractivity contribution in [2.45, 2.75) is 163 Å². The van der Waals surface area contributed by atoms with Crippen molar-refractivity contribution in [1.29, 1.82) is 0 Å². The van der Waals surface area contributed by atoms with E-state index in [0.29, 0.717) is 12.8 Å². The molecular weight excluding hydrogens is 1350 g/mol. The lowest BCUT2D eigenvalue weighted by molar-refractivity contribution is -0.272. The number of carbonyl (C=O) groups excluding carboxylic acids is 7. The fourth-order valence-corrected chi connectivity index (χ4v) is 9.86. The Bertz CT molecular complexity index is 2310. The van der Waals surface area contributed by atoms with E-state index in [4.69, 9.17) is 71.1 Å². The Morgan fingerprint density at radius 2 is 0.640 bits per heavy atom. The molecule has 100 heavy (non-hydrogen) atoms. The molecule has 0 aromatic heterocycles. The van der Waals surface area contributed by atoms with Crippen LogP contribution in [0.15, 0.2) is 0 Å². The van der Waals surface area contributed by atoms with E-state index in [1.54, 1.807) is 0 Å². The van der Waals surface area contributed by atoms with Gasteiger partial charge in [0.1, 0.15) is 105 Å². The van der Waals surface area contributed by atoms with Crippen LogP contribution in [-0.4, -0.2) is 374 Å². The van der Waals surface area contributed by atoms with E-state index in [0.717, 1.165) is 0 Å². The van der Waals surface area contributed by atoms with Gasteiger partial charge >= 0.3 is 5.97 Å². The molecule has 7 amide bonds. The third-order valence-corrected chi connectivity index (χ3v) is 15.0. The van der Waals surface area contributed by atoms with Crippen LogP contribution in [0, 0.1) is 0 Å². The lowest BCUT2D eigenvalue weighted by Crippen LogP contribution is -2.64. The van der Waals surface area contributed by atoms with Crippen LogP contribution in [0.4, 0.5) is 0 Å². The summed E-state index contributed by atoms with van der Waals surface area (Å²) in [7, 11) is 0. The highest BCUT2D eigenvalue weighted by atomic mass is 16.7. The number of aliphatic carboxylic acids is 1. The SMILES string of the molecule is CC(=O)N[C@H]1C(OCCOCCOCCOCC(=O)NCCCC[C@H](NC(=O)COCCOCCOCCO[C@@H]2O[C@H](CO)[C@H](O)C(O)[C@H]2NC(C)=O)C(=O)N[C@@H](CCCCNC(=O)COCCOCCOCCOC2O[C@H](CO)[C@H](O)[C@H](O)[C@H]2NC(C)=O)C(=O)O)O[C@H](CO)[C@H](O)C1O. The average Bonchev–Trinajstić information content (AvgIpc) is 0.825. The number of carboxylic acid groups (broad SMARTS) is 1. The Morgan fingerprint density at radius 3 is 0.930 bits per heavy atom. The van der Waals surface area contributed by atoms with Crippen molar-refractivity contribution >= 4 is 47.3 Å². The van der Waals surface area contributed by atoms with Gasteiger partial charge < -0.3 is 159 Å². The van der Waals surface area contributed by atoms with E-state index < -0.39 is 178 Å². The van der Waals surface area contributed by atoms with Gasteiger partial charge in [0, 0.05) is 33.9 Å². The molecule has 17 N–H and O–H groups in total. The van der Waals surface area contributed by atoms with Crippen molar-refractivity contribution in [1.82, 2.24) is 37.2 Å². The molecule has 0 radical (unpaired) electrons. The van der Waals surface area contributed by atoms with Crippen molar-refractivity contribution in [3.8, 4) is 0 Å². The summed E-state index contributed by atoms with van der Waals surface area (Å²) in [6.07, 6.45) is -14.4. The molecule has 3 rings (SSSR count). The van der Waals surface area contributed by atoms with Gasteiger partial charge in [-0.25, -0.2) is 4.79 Å². The van der Waals surface area contributed by atoms with Crippen LogP contribution in [-0.2, 0) is 109 Å². The third-order valence-electron chi connectivity index (χ3n) is 15.0. The highest BCUT2D eigenvalue weighted by molar-refractivity contribution is 5.90. The van der Waals surface area contributed by atoms with E-state index >= 15 is 0 Å². The van der Waals surface area contributed by atoms with E-state index in [2.05, 4.69) is 37.2 Å². The second-order valence-corrected chi connectivity index (χ2v) is 23.0. The lowest BCUT2D eigenvalue weighted by atomic mass is 9.97. The quantitative estimate of drug-likeness (QED) is 0.0252. The molecule has 580 valence electrons. The summed E-state index contributed by atoms with van der Waals surface area (Å²) in [5.41, 5.74) is 0. The number of carbonyl (C=O) groups is 8. The van der Waals surface area contributed by atoms with Crippen molar-refractivity contribution in [2.24, 2.45) is 0 Å². The molecule has 3 aliphatic rings. The second-order valence-electron chi connectivity index (χ2n) is 23.0. The molecule has 0 aromatic rings. The van der Waals surface area contributed by atoms with E-state index in [9.17, 15) is 89.4 Å². The van der Waals surface area contributed by atoms with Gasteiger partial charge in [-0.3, -0.25) is 33.6 Å². The summed E-state index contributed by atoms with van der Waals surface area (Å²) in [5.74, 6) is -5.18. The molecule has 0 aromatic carbocycles. The maximum Gasteiger partial charge on any atom is 0.326 e. The molecule has 3 saturated heterocycles. The molecule has 3 aliphatic heterocycles. The van der Waals surface area contributed by atoms with Crippen molar-refractivity contribution in [3.63, 3.8) is 0 Å². The van der Waals surface area contributed by atoms with E-state index in [-0.39, 0.29) is 171 Å². The minimum atomic E-state index is -1.47. The van der Waals surface area contributed by atoms with Gasteiger partial charge in [0.15, 0.2) is 18.9 Å². The topological polar surface area (TPSA) is 562 Å².